The summed E-state index contributed by atoms with van der Waals surface area (Å²) in [5, 5.41) is 26.6. The lowest BCUT2D eigenvalue weighted by atomic mass is 9.68. The number of ether oxygens (including phenoxy) is 1. The highest BCUT2D eigenvalue weighted by Gasteiger charge is 2.44. The van der Waals surface area contributed by atoms with E-state index in [1.54, 1.807) is 25.1 Å². The predicted octanol–water partition coefficient (Wildman–Crippen LogP) is 5.55. The molecule has 238 valence electrons. The fraction of sp³-hybridized carbons (Fsp3) is 0.559. The van der Waals surface area contributed by atoms with Crippen LogP contribution in [-0.4, -0.2) is 55.7 Å². The Morgan fingerprint density at radius 3 is 2.68 bits per heavy atom. The monoisotopic (exact) mass is 642 g/mol. The first-order valence-electron chi connectivity index (χ1n) is 15.9. The van der Waals surface area contributed by atoms with Crippen molar-refractivity contribution in [1.29, 1.82) is 0 Å². The van der Waals surface area contributed by atoms with Crippen molar-refractivity contribution >= 4 is 33.3 Å². The van der Waals surface area contributed by atoms with E-state index in [-0.39, 0.29) is 28.7 Å². The number of anilines is 1. The van der Waals surface area contributed by atoms with Gasteiger partial charge in [-0.3, -0.25) is 0 Å². The number of benzene rings is 2. The number of carbonyl (C=O) groups is 1. The second-order valence-electron chi connectivity index (χ2n) is 13.5. The highest BCUT2D eigenvalue weighted by atomic mass is 35.5. The summed E-state index contributed by atoms with van der Waals surface area (Å²) in [7, 11) is -3.62. The molecule has 3 aliphatic carbocycles. The van der Waals surface area contributed by atoms with Gasteiger partial charge in [0, 0.05) is 23.5 Å². The first kappa shape index (κ1) is 31.4. The number of nitrogens with two attached hydrogens (primary N) is 1. The van der Waals surface area contributed by atoms with E-state index in [0.29, 0.717) is 37.8 Å². The van der Waals surface area contributed by atoms with Crippen LogP contribution < -0.4 is 14.8 Å². The average molecular weight is 643 g/mol. The number of aromatic carboxylic acids is 1. The number of aryl methyl sites for hydroxylation is 1. The van der Waals surface area contributed by atoms with Gasteiger partial charge in [-0.05, 0) is 123 Å². The van der Waals surface area contributed by atoms with Crippen molar-refractivity contribution < 1.29 is 28.2 Å². The first-order valence-corrected chi connectivity index (χ1v) is 17.8. The van der Waals surface area contributed by atoms with Gasteiger partial charge in [0.25, 0.3) is 0 Å². The largest absolute Gasteiger partial charge is 0.490 e. The van der Waals surface area contributed by atoms with E-state index < -0.39 is 27.3 Å². The van der Waals surface area contributed by atoms with Crippen LogP contribution >= 0.6 is 11.6 Å². The normalized spacial score (nSPS) is 27.0. The maximum Gasteiger partial charge on any atom is 0.335 e. The van der Waals surface area contributed by atoms with Gasteiger partial charge in [-0.25, -0.2) is 18.4 Å². The zero-order valence-electron chi connectivity index (χ0n) is 25.2. The molecule has 0 radical (unpaired) electrons. The SMILES string of the molecule is C[C@H]([C@@H](C/C=C/[C@H](O)[C@@H]1CC[C@H]1CN1C[C@@]2(CCCc3cc(Cl)ccc32)COc2ccc(C(=O)O)cc21)C1CC1)S(N)(=O)=O. The van der Waals surface area contributed by atoms with Crippen LogP contribution in [0.4, 0.5) is 5.69 Å². The number of nitrogens with zero attached hydrogens (tertiary/aromatic N) is 1. The number of hydrogen-bond donors (Lipinski definition) is 3. The Morgan fingerprint density at radius 1 is 1.20 bits per heavy atom. The minimum Gasteiger partial charge on any atom is -0.490 e. The van der Waals surface area contributed by atoms with Crippen LogP contribution in [0.2, 0.25) is 5.02 Å². The third kappa shape index (κ3) is 6.39. The number of rotatable bonds is 10. The van der Waals surface area contributed by atoms with Gasteiger partial charge in [0.15, 0.2) is 0 Å². The fourth-order valence-corrected chi connectivity index (χ4v) is 8.87. The number of sulfonamides is 1. The van der Waals surface area contributed by atoms with E-state index in [1.165, 1.54) is 11.1 Å². The molecule has 44 heavy (non-hydrogen) atoms. The molecule has 0 bridgehead atoms. The molecule has 10 heteroatoms. The standard InChI is InChI=1S/C34H43ClN2O6S/c1-21(44(36,41)42)27(22-7-8-22)5-2-6-31(38)28-12-9-25(28)18-37-19-34(15-3-4-23-16-26(35)11-13-29(23)34)20-43-32-14-10-24(33(39)40)17-30(32)37/h2,6,10-11,13-14,16-17,21-22,25,27-28,31,38H,3-5,7-9,12,15,18-20H2,1H3,(H,39,40)(H2,36,41,42)/b6-2+/t21-,25+,27-,28-,31+,34+/m1/s1. The average Bonchev–Trinajstić information content (AvgIpc) is 3.81. The number of aliphatic hydroxyl groups excluding tert-OH is 1. The van der Waals surface area contributed by atoms with E-state index in [1.807, 2.05) is 18.2 Å². The number of fused-ring (bicyclic) bond motifs is 3. The Kier molecular flexibility index (Phi) is 8.78. The highest BCUT2D eigenvalue weighted by molar-refractivity contribution is 7.89. The number of carboxylic acid groups (broad SMARTS) is 1. The quantitative estimate of drug-likeness (QED) is 0.290. The van der Waals surface area contributed by atoms with E-state index in [0.717, 1.165) is 55.7 Å². The second-order valence-corrected chi connectivity index (χ2v) is 15.9. The molecule has 0 unspecified atom stereocenters. The molecule has 0 amide bonds. The molecule has 4 aliphatic rings. The second kappa shape index (κ2) is 12.3. The number of allylic oxidation sites excluding steroid dienone is 1. The molecule has 1 heterocycles. The minimum absolute atomic E-state index is 0.0351. The number of primary sulfonamides is 1. The summed E-state index contributed by atoms with van der Waals surface area (Å²) in [6, 6.07) is 11.2. The predicted molar refractivity (Wildman–Crippen MR) is 172 cm³/mol. The molecule has 2 aromatic rings. The number of hydrogen-bond acceptors (Lipinski definition) is 6. The Balaban J connectivity index is 1.22. The molecule has 1 spiro atoms. The van der Waals surface area contributed by atoms with Crippen LogP contribution in [0.5, 0.6) is 5.75 Å². The summed E-state index contributed by atoms with van der Waals surface area (Å²) >= 11 is 6.37. The van der Waals surface area contributed by atoms with Gasteiger partial charge in [0.2, 0.25) is 10.0 Å². The van der Waals surface area contributed by atoms with Crippen LogP contribution in [0.1, 0.15) is 73.4 Å². The summed E-state index contributed by atoms with van der Waals surface area (Å²) in [6.07, 6.45) is 10.6. The number of halogens is 1. The Hall–Kier alpha value is -2.59. The van der Waals surface area contributed by atoms with Gasteiger partial charge in [-0.1, -0.05) is 29.8 Å². The summed E-state index contributed by atoms with van der Waals surface area (Å²) in [5.41, 5.74) is 3.22. The smallest absolute Gasteiger partial charge is 0.335 e. The Bertz CT molecular complexity index is 1540. The van der Waals surface area contributed by atoms with Crippen molar-refractivity contribution in [2.75, 3.05) is 24.6 Å². The van der Waals surface area contributed by atoms with E-state index in [4.69, 9.17) is 21.5 Å². The van der Waals surface area contributed by atoms with Gasteiger partial charge >= 0.3 is 5.97 Å². The zero-order valence-corrected chi connectivity index (χ0v) is 26.8. The molecular formula is C34H43ClN2O6S. The van der Waals surface area contributed by atoms with Crippen LogP contribution in [0, 0.1) is 23.7 Å². The van der Waals surface area contributed by atoms with Crippen molar-refractivity contribution in [2.45, 2.75) is 75.1 Å². The molecule has 2 saturated carbocycles. The molecule has 2 aromatic carbocycles. The third-order valence-corrected chi connectivity index (χ3v) is 12.4. The van der Waals surface area contributed by atoms with Crippen LogP contribution in [0.3, 0.4) is 0 Å². The molecule has 2 fully saturated rings. The Labute approximate surface area is 265 Å². The van der Waals surface area contributed by atoms with E-state index in [2.05, 4.69) is 17.0 Å². The summed E-state index contributed by atoms with van der Waals surface area (Å²) in [5.74, 6) is 0.307. The van der Waals surface area contributed by atoms with Crippen molar-refractivity contribution in [2.24, 2.45) is 28.8 Å². The summed E-state index contributed by atoms with van der Waals surface area (Å²) < 4.78 is 30.5. The molecule has 1 aliphatic heterocycles. The highest BCUT2D eigenvalue weighted by Crippen LogP contribution is 2.47. The lowest BCUT2D eigenvalue weighted by Gasteiger charge is -2.45. The van der Waals surface area contributed by atoms with Gasteiger partial charge in [-0.15, -0.1) is 0 Å². The molecule has 6 atom stereocenters. The van der Waals surface area contributed by atoms with Crippen molar-refractivity contribution in [3.63, 3.8) is 0 Å². The molecule has 6 rings (SSSR count). The van der Waals surface area contributed by atoms with Crippen molar-refractivity contribution in [3.8, 4) is 5.75 Å². The van der Waals surface area contributed by atoms with Gasteiger partial charge < -0.3 is 19.8 Å². The number of carboxylic acids is 1. The fourth-order valence-electron chi connectivity index (χ4n) is 7.85. The molecule has 0 saturated heterocycles. The zero-order chi connectivity index (χ0) is 31.2. The molecule has 8 nitrogen and oxygen atoms in total. The lowest BCUT2D eigenvalue weighted by molar-refractivity contribution is 0.0455. The van der Waals surface area contributed by atoms with E-state index in [9.17, 15) is 23.4 Å². The van der Waals surface area contributed by atoms with Crippen LogP contribution in [-0.2, 0) is 21.9 Å². The van der Waals surface area contributed by atoms with Crippen LogP contribution in [0.25, 0.3) is 0 Å². The maximum absolute atomic E-state index is 12.0. The van der Waals surface area contributed by atoms with Crippen molar-refractivity contribution in [1.82, 2.24) is 0 Å². The molecule has 0 aromatic heterocycles. The van der Waals surface area contributed by atoms with Gasteiger partial charge in [0.05, 0.1) is 29.2 Å². The molecular weight excluding hydrogens is 600 g/mol. The summed E-state index contributed by atoms with van der Waals surface area (Å²) in [6.45, 7) is 3.54. The lowest BCUT2D eigenvalue weighted by Crippen LogP contribution is -2.49. The Morgan fingerprint density at radius 2 is 2.00 bits per heavy atom. The van der Waals surface area contributed by atoms with Crippen molar-refractivity contribution in [3.05, 3.63) is 70.3 Å². The topological polar surface area (TPSA) is 130 Å². The van der Waals surface area contributed by atoms with Gasteiger partial charge in [0.1, 0.15) is 5.75 Å². The minimum atomic E-state index is -3.62. The third-order valence-electron chi connectivity index (χ3n) is 10.7. The maximum atomic E-state index is 12.0. The molecule has 4 N–H and O–H groups in total. The number of aliphatic hydroxyl groups is 1. The first-order chi connectivity index (χ1) is 20.9. The van der Waals surface area contributed by atoms with Gasteiger partial charge in [-0.2, -0.15) is 0 Å². The van der Waals surface area contributed by atoms with E-state index >= 15 is 0 Å². The van der Waals surface area contributed by atoms with Crippen LogP contribution in [0.15, 0.2) is 48.6 Å². The summed E-state index contributed by atoms with van der Waals surface area (Å²) in [4.78, 5) is 14.2.